The lowest BCUT2D eigenvalue weighted by atomic mass is 9.85. The number of hydrogen-bond acceptors (Lipinski definition) is 7. The van der Waals surface area contributed by atoms with E-state index in [0.29, 0.717) is 17.6 Å². The van der Waals surface area contributed by atoms with Crippen molar-refractivity contribution in [3.8, 4) is 11.1 Å². The monoisotopic (exact) mass is 424 g/mol. The van der Waals surface area contributed by atoms with E-state index in [4.69, 9.17) is 4.74 Å². The van der Waals surface area contributed by atoms with Crippen LogP contribution in [0.2, 0.25) is 0 Å². The molecule has 2 aliphatic carbocycles. The lowest BCUT2D eigenvalue weighted by Gasteiger charge is -2.23. The number of aromatic nitrogens is 3. The molecule has 2 fully saturated rings. The molecule has 30 heavy (non-hydrogen) atoms. The lowest BCUT2D eigenvalue weighted by Crippen LogP contribution is -2.27. The third-order valence-electron chi connectivity index (χ3n) is 5.98. The van der Waals surface area contributed by atoms with E-state index in [0.717, 1.165) is 59.9 Å². The Hall–Kier alpha value is -2.42. The fraction of sp³-hybridized carbons (Fsp3) is 0.455. The van der Waals surface area contributed by atoms with Crippen molar-refractivity contribution in [3.05, 3.63) is 36.4 Å². The topological polar surface area (TPSA) is 97.2 Å². The highest BCUT2D eigenvalue weighted by atomic mass is 32.1. The highest BCUT2D eigenvalue weighted by molar-refractivity contribution is 7.22. The second-order valence-electron chi connectivity index (χ2n) is 8.05. The van der Waals surface area contributed by atoms with Crippen LogP contribution >= 0.6 is 11.3 Å². The van der Waals surface area contributed by atoms with Crippen molar-refractivity contribution in [1.29, 1.82) is 0 Å². The first-order valence-corrected chi connectivity index (χ1v) is 11.3. The van der Waals surface area contributed by atoms with E-state index in [9.17, 15) is 9.90 Å². The zero-order valence-corrected chi connectivity index (χ0v) is 17.4. The van der Waals surface area contributed by atoms with E-state index in [2.05, 4.69) is 26.3 Å². The highest BCUT2D eigenvalue weighted by Crippen LogP contribution is 2.32. The molecule has 0 aliphatic heterocycles. The normalized spacial score (nSPS) is 21.6. The standard InChI is InChI=1S/C22H24N4O3S/c27-17-5-2-6-18(17)29-12-20-23-10-15(11-24-20)14-7-8-16-19(9-14)30-22(25-16)26-21(28)13-3-1-4-13/h7-11,13,17-18,27H,1-6,12H2,(H,25,26,28)/t17-,18-/m0/s1. The van der Waals surface area contributed by atoms with E-state index in [1.54, 1.807) is 12.4 Å². The van der Waals surface area contributed by atoms with Crippen molar-refractivity contribution < 1.29 is 14.6 Å². The van der Waals surface area contributed by atoms with Gasteiger partial charge in [-0.25, -0.2) is 15.0 Å². The van der Waals surface area contributed by atoms with Gasteiger partial charge in [-0.05, 0) is 49.8 Å². The van der Waals surface area contributed by atoms with Gasteiger partial charge in [-0.3, -0.25) is 4.79 Å². The molecule has 2 atom stereocenters. The summed E-state index contributed by atoms with van der Waals surface area (Å²) >= 11 is 1.48. The van der Waals surface area contributed by atoms with Crippen molar-refractivity contribution in [2.24, 2.45) is 5.92 Å². The number of carbonyl (C=O) groups is 1. The average molecular weight is 425 g/mol. The molecule has 0 bridgehead atoms. The van der Waals surface area contributed by atoms with Crippen molar-refractivity contribution >= 4 is 32.6 Å². The van der Waals surface area contributed by atoms with Gasteiger partial charge in [0.25, 0.3) is 0 Å². The maximum Gasteiger partial charge on any atom is 0.229 e. The van der Waals surface area contributed by atoms with Crippen LogP contribution in [0, 0.1) is 5.92 Å². The quantitative estimate of drug-likeness (QED) is 0.622. The molecule has 2 aliphatic rings. The minimum absolute atomic E-state index is 0.0804. The predicted octanol–water partition coefficient (Wildman–Crippen LogP) is 3.92. The number of aliphatic hydroxyl groups is 1. The number of thiazole rings is 1. The number of anilines is 1. The lowest BCUT2D eigenvalue weighted by molar-refractivity contribution is -0.122. The van der Waals surface area contributed by atoms with Crippen LogP contribution in [0.4, 0.5) is 5.13 Å². The van der Waals surface area contributed by atoms with Gasteiger partial charge in [0, 0.05) is 23.9 Å². The van der Waals surface area contributed by atoms with Crippen LogP contribution in [0.1, 0.15) is 44.3 Å². The predicted molar refractivity (Wildman–Crippen MR) is 115 cm³/mol. The average Bonchev–Trinajstić information content (AvgIpc) is 3.29. The van der Waals surface area contributed by atoms with Crippen LogP contribution in [0.25, 0.3) is 21.3 Å². The Labute approximate surface area is 178 Å². The van der Waals surface area contributed by atoms with E-state index < -0.39 is 0 Å². The fourth-order valence-electron chi connectivity index (χ4n) is 3.90. The maximum absolute atomic E-state index is 12.2. The number of aliphatic hydroxyl groups excluding tert-OH is 1. The summed E-state index contributed by atoms with van der Waals surface area (Å²) in [5.74, 6) is 0.832. The minimum Gasteiger partial charge on any atom is -0.390 e. The number of benzene rings is 1. The first-order chi connectivity index (χ1) is 14.7. The summed E-state index contributed by atoms with van der Waals surface area (Å²) in [6, 6.07) is 6.00. The molecule has 3 aromatic rings. The van der Waals surface area contributed by atoms with Crippen molar-refractivity contribution in [2.45, 2.75) is 57.3 Å². The van der Waals surface area contributed by atoms with Crippen molar-refractivity contribution in [1.82, 2.24) is 15.0 Å². The number of amides is 1. The summed E-state index contributed by atoms with van der Waals surface area (Å²) in [6.45, 7) is 0.305. The molecule has 2 saturated carbocycles. The Morgan fingerprint density at radius 3 is 2.63 bits per heavy atom. The molecule has 156 valence electrons. The van der Waals surface area contributed by atoms with Gasteiger partial charge in [0.15, 0.2) is 11.0 Å². The second-order valence-corrected chi connectivity index (χ2v) is 9.08. The molecule has 0 radical (unpaired) electrons. The summed E-state index contributed by atoms with van der Waals surface area (Å²) in [6.07, 6.45) is 8.87. The molecule has 2 aromatic heterocycles. The van der Waals surface area contributed by atoms with E-state index in [1.165, 1.54) is 11.3 Å². The summed E-state index contributed by atoms with van der Waals surface area (Å²) < 4.78 is 6.76. The number of rotatable bonds is 6. The zero-order valence-electron chi connectivity index (χ0n) is 16.6. The van der Waals surface area contributed by atoms with E-state index >= 15 is 0 Å². The van der Waals surface area contributed by atoms with Crippen LogP contribution in [0.3, 0.4) is 0 Å². The first-order valence-electron chi connectivity index (χ1n) is 10.5. The number of ether oxygens (including phenoxy) is 1. The van der Waals surface area contributed by atoms with Gasteiger partial charge in [-0.2, -0.15) is 0 Å². The Morgan fingerprint density at radius 1 is 1.13 bits per heavy atom. The highest BCUT2D eigenvalue weighted by Gasteiger charge is 2.26. The molecule has 5 rings (SSSR count). The van der Waals surface area contributed by atoms with Crippen LogP contribution in [0.15, 0.2) is 30.6 Å². The third-order valence-corrected chi connectivity index (χ3v) is 6.91. The zero-order chi connectivity index (χ0) is 20.5. The summed E-state index contributed by atoms with van der Waals surface area (Å²) in [5, 5.41) is 13.4. The molecular formula is C22H24N4O3S. The smallest absolute Gasteiger partial charge is 0.229 e. The number of carbonyl (C=O) groups excluding carboxylic acids is 1. The van der Waals surface area contributed by atoms with Gasteiger partial charge in [-0.15, -0.1) is 0 Å². The molecule has 7 nitrogen and oxygen atoms in total. The van der Waals surface area contributed by atoms with Gasteiger partial charge in [0.1, 0.15) is 6.61 Å². The van der Waals surface area contributed by atoms with Crippen molar-refractivity contribution in [2.75, 3.05) is 5.32 Å². The minimum atomic E-state index is -0.376. The molecule has 2 heterocycles. The number of hydrogen-bond donors (Lipinski definition) is 2. The molecule has 8 heteroatoms. The first kappa shape index (κ1) is 19.5. The van der Waals surface area contributed by atoms with Crippen molar-refractivity contribution in [3.63, 3.8) is 0 Å². The summed E-state index contributed by atoms with van der Waals surface area (Å²) in [7, 11) is 0. The summed E-state index contributed by atoms with van der Waals surface area (Å²) in [4.78, 5) is 25.5. The number of fused-ring (bicyclic) bond motifs is 1. The van der Waals surface area contributed by atoms with Crippen LogP contribution in [-0.4, -0.2) is 38.2 Å². The maximum atomic E-state index is 12.2. The van der Waals surface area contributed by atoms with E-state index in [1.807, 2.05) is 12.1 Å². The van der Waals surface area contributed by atoms with Gasteiger partial charge in [0.2, 0.25) is 5.91 Å². The van der Waals surface area contributed by atoms with Crippen LogP contribution in [-0.2, 0) is 16.1 Å². The summed E-state index contributed by atoms with van der Waals surface area (Å²) in [5.41, 5.74) is 2.78. The molecule has 1 aromatic carbocycles. The van der Waals surface area contributed by atoms with Gasteiger partial charge < -0.3 is 15.2 Å². The SMILES string of the molecule is O=C(Nc1nc2ccc(-c3cnc(CO[C@H]4CCC[C@@H]4O)nc3)cc2s1)C1CCC1. The van der Waals surface area contributed by atoms with Crippen LogP contribution < -0.4 is 5.32 Å². The van der Waals surface area contributed by atoms with Gasteiger partial charge in [-0.1, -0.05) is 23.8 Å². The Kier molecular flexibility index (Phi) is 5.45. The molecule has 0 unspecified atom stereocenters. The second kappa shape index (κ2) is 8.37. The molecular weight excluding hydrogens is 400 g/mol. The van der Waals surface area contributed by atoms with Crippen LogP contribution in [0.5, 0.6) is 0 Å². The van der Waals surface area contributed by atoms with Gasteiger partial charge in [0.05, 0.1) is 22.4 Å². The van der Waals surface area contributed by atoms with E-state index in [-0.39, 0.29) is 24.0 Å². The third kappa shape index (κ3) is 4.08. The molecule has 0 saturated heterocycles. The van der Waals surface area contributed by atoms with Gasteiger partial charge >= 0.3 is 0 Å². The Bertz CT molecular complexity index is 1050. The molecule has 0 spiro atoms. The number of nitrogens with one attached hydrogen (secondary N) is 1. The Balaban J connectivity index is 1.26. The fourth-order valence-corrected chi connectivity index (χ4v) is 4.80. The largest absolute Gasteiger partial charge is 0.390 e. The molecule has 2 N–H and O–H groups in total. The molecule has 1 amide bonds. The number of nitrogens with zero attached hydrogens (tertiary/aromatic N) is 3. The Morgan fingerprint density at radius 2 is 1.93 bits per heavy atom.